The second-order valence-corrected chi connectivity index (χ2v) is 5.99. The van der Waals surface area contributed by atoms with Gasteiger partial charge in [-0.25, -0.2) is 0 Å². The molecule has 4 heteroatoms. The van der Waals surface area contributed by atoms with Gasteiger partial charge in [0.1, 0.15) is 0 Å². The third-order valence-corrected chi connectivity index (χ3v) is 3.87. The lowest BCUT2D eigenvalue weighted by atomic mass is 10.0. The van der Waals surface area contributed by atoms with Crippen LogP contribution in [-0.2, 0) is 4.79 Å². The van der Waals surface area contributed by atoms with Gasteiger partial charge >= 0.3 is 5.97 Å². The van der Waals surface area contributed by atoms with E-state index in [1.807, 2.05) is 0 Å². The van der Waals surface area contributed by atoms with Crippen LogP contribution in [0.15, 0.2) is 0 Å². The van der Waals surface area contributed by atoms with Crippen molar-refractivity contribution in [1.82, 2.24) is 0 Å². The van der Waals surface area contributed by atoms with Gasteiger partial charge in [-0.1, -0.05) is 57.8 Å². The number of unbranched alkanes of at least 4 members (excludes halogenated alkanes) is 9. The fraction of sp³-hybridized carbons (Fsp3) is 0.941. The average Bonchev–Trinajstić information content (AvgIpc) is 2.45. The predicted octanol–water partition coefficient (Wildman–Crippen LogP) is 3.89. The van der Waals surface area contributed by atoms with E-state index in [0.717, 1.165) is 57.8 Å². The van der Waals surface area contributed by atoms with E-state index in [4.69, 9.17) is 10.2 Å². The van der Waals surface area contributed by atoms with Crippen LogP contribution < -0.4 is 0 Å². The molecular weight excluding hydrogens is 268 g/mol. The van der Waals surface area contributed by atoms with Gasteiger partial charge in [-0.2, -0.15) is 0 Å². The molecule has 0 aromatic carbocycles. The van der Waals surface area contributed by atoms with Crippen LogP contribution in [0.25, 0.3) is 0 Å². The molecule has 0 amide bonds. The van der Waals surface area contributed by atoms with Crippen molar-refractivity contribution in [2.75, 3.05) is 6.61 Å². The van der Waals surface area contributed by atoms with Crippen molar-refractivity contribution in [2.45, 2.75) is 96.0 Å². The van der Waals surface area contributed by atoms with E-state index >= 15 is 0 Å². The van der Waals surface area contributed by atoms with Gasteiger partial charge in [0.25, 0.3) is 0 Å². The maximum Gasteiger partial charge on any atom is 0.303 e. The van der Waals surface area contributed by atoms with E-state index in [1.165, 1.54) is 25.7 Å². The van der Waals surface area contributed by atoms with Gasteiger partial charge in [0, 0.05) is 13.0 Å². The predicted molar refractivity (Wildman–Crippen MR) is 85.4 cm³/mol. The number of carboxylic acid groups (broad SMARTS) is 1. The molecule has 126 valence electrons. The molecule has 0 aromatic heterocycles. The van der Waals surface area contributed by atoms with E-state index in [-0.39, 0.29) is 12.5 Å². The summed E-state index contributed by atoms with van der Waals surface area (Å²) in [6.07, 6.45) is 13.6. The van der Waals surface area contributed by atoms with Gasteiger partial charge in [0.2, 0.25) is 0 Å². The first-order valence-corrected chi connectivity index (χ1v) is 8.67. The monoisotopic (exact) mass is 302 g/mol. The third kappa shape index (κ3) is 17.3. The third-order valence-electron chi connectivity index (χ3n) is 3.87. The molecule has 0 aliphatic heterocycles. The number of aliphatic hydroxyl groups is 2. The highest BCUT2D eigenvalue weighted by molar-refractivity contribution is 5.66. The van der Waals surface area contributed by atoms with Gasteiger partial charge < -0.3 is 15.3 Å². The molecule has 0 saturated heterocycles. The molecule has 0 saturated carbocycles. The maximum atomic E-state index is 10.3. The van der Waals surface area contributed by atoms with Gasteiger partial charge in [0.05, 0.1) is 6.10 Å². The molecule has 21 heavy (non-hydrogen) atoms. The van der Waals surface area contributed by atoms with Crippen molar-refractivity contribution >= 4 is 5.97 Å². The summed E-state index contributed by atoms with van der Waals surface area (Å²) in [6, 6.07) is 0. The number of aliphatic hydroxyl groups excluding tert-OH is 2. The quantitative estimate of drug-likeness (QED) is 0.378. The minimum absolute atomic E-state index is 0.182. The first-order valence-electron chi connectivity index (χ1n) is 8.67. The number of aliphatic carboxylic acids is 1. The van der Waals surface area contributed by atoms with Crippen LogP contribution in [0.3, 0.4) is 0 Å². The minimum Gasteiger partial charge on any atom is -0.481 e. The molecule has 0 aliphatic carbocycles. The van der Waals surface area contributed by atoms with Crippen LogP contribution in [0.5, 0.6) is 0 Å². The number of hydrogen-bond donors (Lipinski definition) is 3. The Hall–Kier alpha value is -0.610. The Morgan fingerprint density at radius 2 is 1.14 bits per heavy atom. The molecule has 0 bridgehead atoms. The normalized spacial score (nSPS) is 12.5. The molecule has 3 N–H and O–H groups in total. The lowest BCUT2D eigenvalue weighted by molar-refractivity contribution is -0.137. The summed E-state index contributed by atoms with van der Waals surface area (Å²) in [7, 11) is 0. The highest BCUT2D eigenvalue weighted by Gasteiger charge is 2.04. The Morgan fingerprint density at radius 1 is 0.714 bits per heavy atom. The standard InChI is InChI=1S/C17H34O4/c18-15-11-7-3-1-2-4-8-12-16(19)13-9-5-6-10-14-17(20)21/h16,18-19H,1-15H2,(H,20,21). The highest BCUT2D eigenvalue weighted by Crippen LogP contribution is 2.14. The molecule has 0 rings (SSSR count). The van der Waals surface area contributed by atoms with Crippen LogP contribution in [0, 0.1) is 0 Å². The van der Waals surface area contributed by atoms with Crippen molar-refractivity contribution < 1.29 is 20.1 Å². The van der Waals surface area contributed by atoms with Crippen LogP contribution >= 0.6 is 0 Å². The minimum atomic E-state index is -0.716. The zero-order valence-electron chi connectivity index (χ0n) is 13.4. The Kier molecular flexibility index (Phi) is 15.3. The van der Waals surface area contributed by atoms with E-state index in [0.29, 0.717) is 6.61 Å². The Morgan fingerprint density at radius 3 is 1.62 bits per heavy atom. The number of carbonyl (C=O) groups is 1. The maximum absolute atomic E-state index is 10.3. The molecule has 4 nitrogen and oxygen atoms in total. The zero-order chi connectivity index (χ0) is 15.8. The lowest BCUT2D eigenvalue weighted by Gasteiger charge is -2.10. The van der Waals surface area contributed by atoms with Crippen molar-refractivity contribution in [3.05, 3.63) is 0 Å². The second-order valence-electron chi connectivity index (χ2n) is 5.99. The summed E-state index contributed by atoms with van der Waals surface area (Å²) in [5.74, 6) is -0.716. The molecule has 0 aliphatic rings. The molecule has 0 aromatic rings. The van der Waals surface area contributed by atoms with Crippen LogP contribution in [-0.4, -0.2) is 34.0 Å². The molecule has 0 heterocycles. The summed E-state index contributed by atoms with van der Waals surface area (Å²) in [5.41, 5.74) is 0. The zero-order valence-corrected chi connectivity index (χ0v) is 13.4. The molecule has 1 atom stereocenters. The molecular formula is C17H34O4. The smallest absolute Gasteiger partial charge is 0.303 e. The second kappa shape index (κ2) is 15.8. The Bertz CT molecular complexity index is 231. The summed E-state index contributed by atoms with van der Waals surface area (Å²) in [6.45, 7) is 0.308. The van der Waals surface area contributed by atoms with E-state index < -0.39 is 5.97 Å². The number of hydrogen-bond acceptors (Lipinski definition) is 3. The summed E-state index contributed by atoms with van der Waals surface area (Å²) in [5, 5.41) is 27.0. The van der Waals surface area contributed by atoms with Gasteiger partial charge in [-0.05, 0) is 25.7 Å². The SMILES string of the molecule is O=C(O)CCCCCCC(O)CCCCCCCCCO. The van der Waals surface area contributed by atoms with Crippen LogP contribution in [0.2, 0.25) is 0 Å². The Balaban J connectivity index is 3.16. The highest BCUT2D eigenvalue weighted by atomic mass is 16.4. The van der Waals surface area contributed by atoms with Crippen LogP contribution in [0.1, 0.15) is 89.9 Å². The lowest BCUT2D eigenvalue weighted by Crippen LogP contribution is -2.06. The summed E-state index contributed by atoms with van der Waals surface area (Å²) in [4.78, 5) is 10.3. The van der Waals surface area contributed by atoms with E-state index in [1.54, 1.807) is 0 Å². The first-order chi connectivity index (χ1) is 10.2. The molecule has 0 fully saturated rings. The van der Waals surface area contributed by atoms with Gasteiger partial charge in [-0.15, -0.1) is 0 Å². The van der Waals surface area contributed by atoms with Crippen molar-refractivity contribution in [3.63, 3.8) is 0 Å². The fourth-order valence-corrected chi connectivity index (χ4v) is 2.53. The largest absolute Gasteiger partial charge is 0.481 e. The van der Waals surface area contributed by atoms with Gasteiger partial charge in [-0.3, -0.25) is 4.79 Å². The van der Waals surface area contributed by atoms with E-state index in [2.05, 4.69) is 0 Å². The average molecular weight is 302 g/mol. The molecule has 1 unspecified atom stereocenters. The van der Waals surface area contributed by atoms with Crippen molar-refractivity contribution in [3.8, 4) is 0 Å². The van der Waals surface area contributed by atoms with E-state index in [9.17, 15) is 9.90 Å². The fourth-order valence-electron chi connectivity index (χ4n) is 2.53. The number of rotatable bonds is 16. The first kappa shape index (κ1) is 20.4. The van der Waals surface area contributed by atoms with Crippen molar-refractivity contribution in [1.29, 1.82) is 0 Å². The Labute approximate surface area is 129 Å². The summed E-state index contributed by atoms with van der Waals surface area (Å²) < 4.78 is 0. The topological polar surface area (TPSA) is 77.8 Å². The van der Waals surface area contributed by atoms with Gasteiger partial charge in [0.15, 0.2) is 0 Å². The summed E-state index contributed by atoms with van der Waals surface area (Å²) >= 11 is 0. The number of carboxylic acids is 1. The molecule has 0 radical (unpaired) electrons. The van der Waals surface area contributed by atoms with Crippen molar-refractivity contribution in [2.24, 2.45) is 0 Å². The molecule has 0 spiro atoms. The van der Waals surface area contributed by atoms with Crippen LogP contribution in [0.4, 0.5) is 0 Å².